The standard InChI is InChI=1S/C19H20N2O3/c20-18(22)15-5-4-6-16(11-15)19(23)24-13-14-9-10-21(12-14)17-7-2-1-3-8-17/h1-8,11,14H,9-10,12-13H2,(H2,20,22)/t14-/m0/s1. The van der Waals surface area contributed by atoms with Gasteiger partial charge >= 0.3 is 5.97 Å². The lowest BCUT2D eigenvalue weighted by Gasteiger charge is -2.18. The van der Waals surface area contributed by atoms with Gasteiger partial charge in [0, 0.05) is 30.3 Å². The number of primary amides is 1. The zero-order valence-electron chi connectivity index (χ0n) is 13.4. The van der Waals surface area contributed by atoms with Gasteiger partial charge in [-0.2, -0.15) is 0 Å². The molecule has 1 atom stereocenters. The molecular weight excluding hydrogens is 304 g/mol. The van der Waals surface area contributed by atoms with Crippen LogP contribution in [0.15, 0.2) is 54.6 Å². The van der Waals surface area contributed by atoms with E-state index in [1.54, 1.807) is 18.2 Å². The maximum absolute atomic E-state index is 12.1. The summed E-state index contributed by atoms with van der Waals surface area (Å²) in [5.74, 6) is -0.663. The molecule has 24 heavy (non-hydrogen) atoms. The zero-order chi connectivity index (χ0) is 16.9. The van der Waals surface area contributed by atoms with Gasteiger partial charge in [-0.15, -0.1) is 0 Å². The van der Waals surface area contributed by atoms with Crippen LogP contribution in [0.4, 0.5) is 5.69 Å². The van der Waals surface area contributed by atoms with Crippen molar-refractivity contribution in [3.8, 4) is 0 Å². The summed E-state index contributed by atoms with van der Waals surface area (Å²) in [6, 6.07) is 16.5. The van der Waals surface area contributed by atoms with Crippen LogP contribution in [-0.4, -0.2) is 31.6 Å². The van der Waals surface area contributed by atoms with E-state index in [4.69, 9.17) is 10.5 Å². The van der Waals surface area contributed by atoms with Gasteiger partial charge in [0.05, 0.1) is 12.2 Å². The quantitative estimate of drug-likeness (QED) is 0.858. The van der Waals surface area contributed by atoms with Gasteiger partial charge in [0.25, 0.3) is 0 Å². The zero-order valence-corrected chi connectivity index (χ0v) is 13.4. The highest BCUT2D eigenvalue weighted by molar-refractivity contribution is 5.97. The van der Waals surface area contributed by atoms with Crippen LogP contribution in [-0.2, 0) is 4.74 Å². The van der Waals surface area contributed by atoms with E-state index in [1.165, 1.54) is 11.8 Å². The molecule has 1 amide bonds. The van der Waals surface area contributed by atoms with Crippen LogP contribution in [0.3, 0.4) is 0 Å². The van der Waals surface area contributed by atoms with Crippen molar-refractivity contribution in [2.24, 2.45) is 11.7 Å². The van der Waals surface area contributed by atoms with E-state index in [1.807, 2.05) is 18.2 Å². The van der Waals surface area contributed by atoms with E-state index in [0.29, 0.717) is 23.7 Å². The summed E-state index contributed by atoms with van der Waals surface area (Å²) in [6.07, 6.45) is 0.990. The Balaban J connectivity index is 1.54. The lowest BCUT2D eigenvalue weighted by atomic mass is 10.1. The van der Waals surface area contributed by atoms with Crippen molar-refractivity contribution in [3.63, 3.8) is 0 Å². The number of para-hydroxylation sites is 1. The summed E-state index contributed by atoms with van der Waals surface area (Å²) < 4.78 is 5.41. The number of carbonyl (C=O) groups excluding carboxylic acids is 2. The van der Waals surface area contributed by atoms with Crippen LogP contribution in [0, 0.1) is 5.92 Å². The minimum Gasteiger partial charge on any atom is -0.462 e. The van der Waals surface area contributed by atoms with Gasteiger partial charge in [0.15, 0.2) is 0 Å². The Bertz CT molecular complexity index is 730. The van der Waals surface area contributed by atoms with Crippen molar-refractivity contribution in [3.05, 3.63) is 65.7 Å². The first-order valence-corrected chi connectivity index (χ1v) is 8.00. The number of benzene rings is 2. The molecule has 1 aliphatic rings. The molecule has 0 unspecified atom stereocenters. The van der Waals surface area contributed by atoms with Crippen molar-refractivity contribution in [2.45, 2.75) is 6.42 Å². The third-order valence-electron chi connectivity index (χ3n) is 4.24. The highest BCUT2D eigenvalue weighted by atomic mass is 16.5. The second kappa shape index (κ2) is 7.17. The molecule has 1 aliphatic heterocycles. The van der Waals surface area contributed by atoms with Crippen LogP contribution in [0.25, 0.3) is 0 Å². The van der Waals surface area contributed by atoms with Crippen LogP contribution in [0.5, 0.6) is 0 Å². The van der Waals surface area contributed by atoms with Gasteiger partial charge in [0.2, 0.25) is 5.91 Å². The summed E-state index contributed by atoms with van der Waals surface area (Å²) in [6.45, 7) is 2.21. The Morgan fingerprint density at radius 1 is 1.08 bits per heavy atom. The number of esters is 1. The number of nitrogens with zero attached hydrogens (tertiary/aromatic N) is 1. The molecule has 124 valence electrons. The number of amides is 1. The number of hydrogen-bond donors (Lipinski definition) is 1. The Hall–Kier alpha value is -2.82. The minimum atomic E-state index is -0.557. The van der Waals surface area contributed by atoms with Crippen molar-refractivity contribution >= 4 is 17.6 Å². The van der Waals surface area contributed by atoms with Gasteiger partial charge in [-0.25, -0.2) is 4.79 Å². The molecule has 0 aromatic heterocycles. The first-order chi connectivity index (χ1) is 11.6. The fourth-order valence-electron chi connectivity index (χ4n) is 2.92. The van der Waals surface area contributed by atoms with Crippen LogP contribution < -0.4 is 10.6 Å². The summed E-state index contributed by atoms with van der Waals surface area (Å²) in [4.78, 5) is 25.6. The predicted molar refractivity (Wildman–Crippen MR) is 92.0 cm³/mol. The van der Waals surface area contributed by atoms with Gasteiger partial charge in [-0.3, -0.25) is 4.79 Å². The van der Waals surface area contributed by atoms with Gasteiger partial charge < -0.3 is 15.4 Å². The maximum Gasteiger partial charge on any atom is 0.338 e. The highest BCUT2D eigenvalue weighted by Crippen LogP contribution is 2.23. The third-order valence-corrected chi connectivity index (χ3v) is 4.24. The fourth-order valence-corrected chi connectivity index (χ4v) is 2.92. The fraction of sp³-hybridized carbons (Fsp3) is 0.263. The van der Waals surface area contributed by atoms with E-state index >= 15 is 0 Å². The molecule has 5 heteroatoms. The number of rotatable bonds is 5. The molecule has 2 aromatic rings. The van der Waals surface area contributed by atoms with Gasteiger partial charge in [-0.1, -0.05) is 24.3 Å². The van der Waals surface area contributed by atoms with Gasteiger partial charge in [-0.05, 0) is 36.8 Å². The lowest BCUT2D eigenvalue weighted by molar-refractivity contribution is 0.0451. The van der Waals surface area contributed by atoms with E-state index in [0.717, 1.165) is 19.5 Å². The molecule has 2 N–H and O–H groups in total. The summed E-state index contributed by atoms with van der Waals surface area (Å²) >= 11 is 0. The number of ether oxygens (including phenoxy) is 1. The van der Waals surface area contributed by atoms with E-state index in [2.05, 4.69) is 17.0 Å². The second-order valence-corrected chi connectivity index (χ2v) is 5.98. The lowest BCUT2D eigenvalue weighted by Crippen LogP contribution is -2.22. The average molecular weight is 324 g/mol. The number of hydrogen-bond acceptors (Lipinski definition) is 4. The van der Waals surface area contributed by atoms with Gasteiger partial charge in [0.1, 0.15) is 0 Å². The minimum absolute atomic E-state index is 0.306. The second-order valence-electron chi connectivity index (χ2n) is 5.98. The summed E-state index contributed by atoms with van der Waals surface area (Å²) in [7, 11) is 0. The van der Waals surface area contributed by atoms with Crippen molar-refractivity contribution in [1.82, 2.24) is 0 Å². The normalized spacial score (nSPS) is 16.8. The smallest absolute Gasteiger partial charge is 0.338 e. The van der Waals surface area contributed by atoms with E-state index in [9.17, 15) is 9.59 Å². The summed E-state index contributed by atoms with van der Waals surface area (Å²) in [5, 5.41) is 0. The molecule has 0 aliphatic carbocycles. The third kappa shape index (κ3) is 3.74. The highest BCUT2D eigenvalue weighted by Gasteiger charge is 2.24. The number of anilines is 1. The summed E-state index contributed by atoms with van der Waals surface area (Å²) in [5.41, 5.74) is 7.08. The van der Waals surface area contributed by atoms with Crippen LogP contribution >= 0.6 is 0 Å². The molecule has 0 spiro atoms. The molecule has 3 rings (SSSR count). The monoisotopic (exact) mass is 324 g/mol. The van der Waals surface area contributed by atoms with E-state index < -0.39 is 11.9 Å². The Kier molecular flexibility index (Phi) is 4.79. The number of carbonyl (C=O) groups is 2. The van der Waals surface area contributed by atoms with Crippen molar-refractivity contribution < 1.29 is 14.3 Å². The molecule has 1 heterocycles. The predicted octanol–water partition coefficient (Wildman–Crippen LogP) is 2.47. The first-order valence-electron chi connectivity index (χ1n) is 8.00. The van der Waals surface area contributed by atoms with Crippen molar-refractivity contribution in [1.29, 1.82) is 0 Å². The largest absolute Gasteiger partial charge is 0.462 e. The van der Waals surface area contributed by atoms with E-state index in [-0.39, 0.29) is 0 Å². The SMILES string of the molecule is NC(=O)c1cccc(C(=O)OC[C@H]2CCN(c3ccccc3)C2)c1. The maximum atomic E-state index is 12.1. The first kappa shape index (κ1) is 16.1. The molecule has 0 saturated carbocycles. The number of nitrogens with two attached hydrogens (primary N) is 1. The molecule has 1 saturated heterocycles. The topological polar surface area (TPSA) is 72.6 Å². The van der Waals surface area contributed by atoms with Crippen molar-refractivity contribution in [2.75, 3.05) is 24.6 Å². The molecule has 0 radical (unpaired) electrons. The molecule has 1 fully saturated rings. The Labute approximate surface area is 141 Å². The molecule has 5 nitrogen and oxygen atoms in total. The Morgan fingerprint density at radius 3 is 2.58 bits per heavy atom. The molecular formula is C19H20N2O3. The van der Waals surface area contributed by atoms with Crippen LogP contribution in [0.2, 0.25) is 0 Å². The average Bonchev–Trinajstić information content (AvgIpc) is 3.09. The molecule has 0 bridgehead atoms. The molecule has 2 aromatic carbocycles. The van der Waals surface area contributed by atoms with Crippen LogP contribution in [0.1, 0.15) is 27.1 Å². The Morgan fingerprint density at radius 2 is 1.83 bits per heavy atom.